The highest BCUT2D eigenvalue weighted by atomic mass is 16.1. The van der Waals surface area contributed by atoms with Crippen molar-refractivity contribution >= 4 is 5.91 Å². The number of rotatable bonds is 2. The van der Waals surface area contributed by atoms with Crippen LogP contribution in [0.15, 0.2) is 24.5 Å². The Balaban J connectivity index is 1.91. The number of carbonyl (C=O) groups excluding carboxylic acids is 1. The molecule has 2 rings (SSSR count). The fourth-order valence-electron chi connectivity index (χ4n) is 1.74. The monoisotopic (exact) mass is 205 g/mol. The Kier molecular flexibility index (Phi) is 3.29. The molecule has 0 unspecified atom stereocenters. The average molecular weight is 205 g/mol. The van der Waals surface area contributed by atoms with Crippen LogP contribution in [0.3, 0.4) is 0 Å². The summed E-state index contributed by atoms with van der Waals surface area (Å²) < 4.78 is 0. The van der Waals surface area contributed by atoms with Crippen LogP contribution in [0.4, 0.5) is 0 Å². The maximum atomic E-state index is 11.7. The summed E-state index contributed by atoms with van der Waals surface area (Å²) in [5, 5.41) is 6.26. The smallest absolute Gasteiger partial charge is 0.253 e. The molecule has 2 heterocycles. The molecule has 1 aliphatic heterocycles. The summed E-state index contributed by atoms with van der Waals surface area (Å²) in [7, 11) is 0. The first kappa shape index (κ1) is 10.1. The predicted octanol–water partition coefficient (Wildman–Crippen LogP) is 0.563. The van der Waals surface area contributed by atoms with E-state index < -0.39 is 0 Å². The maximum absolute atomic E-state index is 11.7. The third-order valence-corrected chi connectivity index (χ3v) is 2.56. The van der Waals surface area contributed by atoms with Crippen LogP contribution >= 0.6 is 0 Å². The van der Waals surface area contributed by atoms with Gasteiger partial charge in [-0.05, 0) is 31.5 Å². The third-order valence-electron chi connectivity index (χ3n) is 2.56. The number of pyridine rings is 1. The normalized spacial score (nSPS) is 20.9. The molecule has 80 valence electrons. The highest BCUT2D eigenvalue weighted by molar-refractivity contribution is 5.94. The largest absolute Gasteiger partial charge is 0.348 e. The van der Waals surface area contributed by atoms with Crippen LogP contribution in [-0.4, -0.2) is 30.0 Å². The summed E-state index contributed by atoms with van der Waals surface area (Å²) >= 11 is 0. The summed E-state index contributed by atoms with van der Waals surface area (Å²) in [4.78, 5) is 15.7. The van der Waals surface area contributed by atoms with E-state index in [1.165, 1.54) is 0 Å². The molecule has 1 aromatic rings. The van der Waals surface area contributed by atoms with Gasteiger partial charge in [0.1, 0.15) is 0 Å². The molecule has 4 heteroatoms. The van der Waals surface area contributed by atoms with E-state index in [0.29, 0.717) is 5.56 Å². The molecular formula is C11H15N3O. The number of nitrogens with one attached hydrogen (secondary N) is 2. The number of hydrogen-bond acceptors (Lipinski definition) is 3. The van der Waals surface area contributed by atoms with Crippen molar-refractivity contribution < 1.29 is 4.79 Å². The van der Waals surface area contributed by atoms with E-state index in [9.17, 15) is 4.79 Å². The minimum Gasteiger partial charge on any atom is -0.348 e. The van der Waals surface area contributed by atoms with Gasteiger partial charge in [0, 0.05) is 25.0 Å². The quantitative estimate of drug-likeness (QED) is 0.742. The van der Waals surface area contributed by atoms with Gasteiger partial charge in [0.05, 0.1) is 5.56 Å². The number of aromatic nitrogens is 1. The van der Waals surface area contributed by atoms with Crippen molar-refractivity contribution in [1.29, 1.82) is 0 Å². The minimum atomic E-state index is -0.0307. The summed E-state index contributed by atoms with van der Waals surface area (Å²) in [5.74, 6) is -0.0307. The van der Waals surface area contributed by atoms with E-state index in [0.717, 1.165) is 25.9 Å². The van der Waals surface area contributed by atoms with Crippen LogP contribution in [0.1, 0.15) is 23.2 Å². The molecule has 0 aliphatic carbocycles. The SMILES string of the molecule is O=C(N[C@H]1CCCNC1)c1cccnc1. The molecule has 15 heavy (non-hydrogen) atoms. The Morgan fingerprint density at radius 3 is 3.20 bits per heavy atom. The molecule has 2 N–H and O–H groups in total. The van der Waals surface area contributed by atoms with E-state index >= 15 is 0 Å². The van der Waals surface area contributed by atoms with Gasteiger partial charge < -0.3 is 10.6 Å². The van der Waals surface area contributed by atoms with E-state index in [1.807, 2.05) is 0 Å². The third kappa shape index (κ3) is 2.76. The number of hydrogen-bond donors (Lipinski definition) is 2. The molecule has 1 atom stereocenters. The van der Waals surface area contributed by atoms with Crippen molar-refractivity contribution in [2.24, 2.45) is 0 Å². The van der Waals surface area contributed by atoms with Gasteiger partial charge in [-0.1, -0.05) is 0 Å². The molecular weight excluding hydrogens is 190 g/mol. The molecule has 0 radical (unpaired) electrons. The van der Waals surface area contributed by atoms with Gasteiger partial charge in [0.15, 0.2) is 0 Å². The van der Waals surface area contributed by atoms with Crippen molar-refractivity contribution in [3.05, 3.63) is 30.1 Å². The highest BCUT2D eigenvalue weighted by Gasteiger charge is 2.15. The lowest BCUT2D eigenvalue weighted by Gasteiger charge is -2.23. The molecule has 1 amide bonds. The summed E-state index contributed by atoms with van der Waals surface area (Å²) in [6, 6.07) is 3.80. The van der Waals surface area contributed by atoms with Crippen LogP contribution in [0.2, 0.25) is 0 Å². The van der Waals surface area contributed by atoms with Gasteiger partial charge in [0.2, 0.25) is 0 Å². The molecule has 0 spiro atoms. The van der Waals surface area contributed by atoms with Gasteiger partial charge in [-0.25, -0.2) is 0 Å². The van der Waals surface area contributed by atoms with Crippen LogP contribution in [0, 0.1) is 0 Å². The van der Waals surface area contributed by atoms with Crippen LogP contribution < -0.4 is 10.6 Å². The first-order valence-corrected chi connectivity index (χ1v) is 5.28. The molecule has 1 saturated heterocycles. The molecule has 4 nitrogen and oxygen atoms in total. The van der Waals surface area contributed by atoms with Crippen molar-refractivity contribution in [2.45, 2.75) is 18.9 Å². The molecule has 1 aromatic heterocycles. The zero-order valence-corrected chi connectivity index (χ0v) is 8.57. The van der Waals surface area contributed by atoms with Crippen molar-refractivity contribution in [3.63, 3.8) is 0 Å². The standard InChI is InChI=1S/C11H15N3O/c15-11(9-3-1-5-12-7-9)14-10-4-2-6-13-8-10/h1,3,5,7,10,13H,2,4,6,8H2,(H,14,15)/t10-/m0/s1. The van der Waals surface area contributed by atoms with Crippen LogP contribution in [0.25, 0.3) is 0 Å². The Labute approximate surface area is 89.1 Å². The minimum absolute atomic E-state index is 0.0307. The Morgan fingerprint density at radius 2 is 2.53 bits per heavy atom. The van der Waals surface area contributed by atoms with Crippen LogP contribution in [-0.2, 0) is 0 Å². The average Bonchev–Trinajstić information content (AvgIpc) is 2.31. The van der Waals surface area contributed by atoms with Crippen molar-refractivity contribution in [3.8, 4) is 0 Å². The van der Waals surface area contributed by atoms with E-state index in [-0.39, 0.29) is 11.9 Å². The second-order valence-corrected chi connectivity index (χ2v) is 3.76. The maximum Gasteiger partial charge on any atom is 0.253 e. The zero-order chi connectivity index (χ0) is 10.5. The second-order valence-electron chi connectivity index (χ2n) is 3.76. The van der Waals surface area contributed by atoms with Gasteiger partial charge in [0.25, 0.3) is 5.91 Å². The van der Waals surface area contributed by atoms with Gasteiger partial charge in [-0.2, -0.15) is 0 Å². The lowest BCUT2D eigenvalue weighted by Crippen LogP contribution is -2.45. The van der Waals surface area contributed by atoms with E-state index in [1.54, 1.807) is 24.5 Å². The first-order valence-electron chi connectivity index (χ1n) is 5.28. The van der Waals surface area contributed by atoms with Crippen molar-refractivity contribution in [1.82, 2.24) is 15.6 Å². The molecule has 0 aromatic carbocycles. The predicted molar refractivity (Wildman–Crippen MR) is 57.6 cm³/mol. The first-order chi connectivity index (χ1) is 7.36. The fourth-order valence-corrected chi connectivity index (χ4v) is 1.74. The number of nitrogens with zero attached hydrogens (tertiary/aromatic N) is 1. The summed E-state index contributed by atoms with van der Waals surface area (Å²) in [6.07, 6.45) is 5.43. The summed E-state index contributed by atoms with van der Waals surface area (Å²) in [6.45, 7) is 1.92. The Hall–Kier alpha value is -1.42. The Bertz CT molecular complexity index is 320. The highest BCUT2D eigenvalue weighted by Crippen LogP contribution is 2.03. The van der Waals surface area contributed by atoms with Crippen molar-refractivity contribution in [2.75, 3.05) is 13.1 Å². The Morgan fingerprint density at radius 1 is 1.60 bits per heavy atom. The lowest BCUT2D eigenvalue weighted by atomic mass is 10.1. The molecule has 0 saturated carbocycles. The second kappa shape index (κ2) is 4.89. The lowest BCUT2D eigenvalue weighted by molar-refractivity contribution is 0.0930. The van der Waals surface area contributed by atoms with E-state index in [4.69, 9.17) is 0 Å². The topological polar surface area (TPSA) is 54.0 Å². The van der Waals surface area contributed by atoms with Crippen LogP contribution in [0.5, 0.6) is 0 Å². The number of carbonyl (C=O) groups is 1. The molecule has 1 fully saturated rings. The zero-order valence-electron chi connectivity index (χ0n) is 8.57. The molecule has 0 bridgehead atoms. The molecule has 1 aliphatic rings. The van der Waals surface area contributed by atoms with Gasteiger partial charge in [-0.15, -0.1) is 0 Å². The number of amides is 1. The number of piperidine rings is 1. The fraction of sp³-hybridized carbons (Fsp3) is 0.455. The van der Waals surface area contributed by atoms with E-state index in [2.05, 4.69) is 15.6 Å². The summed E-state index contributed by atoms with van der Waals surface area (Å²) in [5.41, 5.74) is 0.628. The van der Waals surface area contributed by atoms with Gasteiger partial charge >= 0.3 is 0 Å². The van der Waals surface area contributed by atoms with Gasteiger partial charge in [-0.3, -0.25) is 9.78 Å².